The van der Waals surface area contributed by atoms with Gasteiger partial charge in [0.1, 0.15) is 0 Å². The van der Waals surface area contributed by atoms with Crippen LogP contribution in [-0.2, 0) is 11.8 Å². The normalized spacial score (nSPS) is 17.4. The van der Waals surface area contributed by atoms with Crippen molar-refractivity contribution >= 4 is 11.6 Å². The molecule has 0 bridgehead atoms. The molecule has 0 saturated heterocycles. The number of likely N-dealkylation sites (N-methyl/N-ethyl adjacent to an activating group) is 1. The Morgan fingerprint density at radius 3 is 2.48 bits per heavy atom. The van der Waals surface area contributed by atoms with E-state index in [1.165, 1.54) is 24.0 Å². The molecule has 1 aliphatic carbocycles. The number of rotatable bonds is 6. The Balaban J connectivity index is 1.85. The molecule has 0 spiro atoms. The Morgan fingerprint density at radius 1 is 1.10 bits per heavy atom. The first-order valence-electron chi connectivity index (χ1n) is 7.78. The summed E-state index contributed by atoms with van der Waals surface area (Å²) in [6.07, 6.45) is 3.58. The number of hydrogen-bond donors (Lipinski definition) is 1. The van der Waals surface area contributed by atoms with E-state index < -0.39 is 0 Å². The molecular formula is C19H22ClN. The van der Waals surface area contributed by atoms with E-state index in [0.29, 0.717) is 11.5 Å². The summed E-state index contributed by atoms with van der Waals surface area (Å²) in [5.74, 6) is 0. The van der Waals surface area contributed by atoms with Crippen molar-refractivity contribution in [2.24, 2.45) is 0 Å². The Hall–Kier alpha value is -1.31. The summed E-state index contributed by atoms with van der Waals surface area (Å²) >= 11 is 6.13. The molecule has 2 aromatic carbocycles. The zero-order valence-corrected chi connectivity index (χ0v) is 13.2. The van der Waals surface area contributed by atoms with Crippen molar-refractivity contribution in [3.8, 4) is 0 Å². The summed E-state index contributed by atoms with van der Waals surface area (Å²) in [7, 11) is 0. The first-order chi connectivity index (χ1) is 10.2. The average molecular weight is 300 g/mol. The number of nitrogens with one attached hydrogen (secondary N) is 1. The van der Waals surface area contributed by atoms with Crippen molar-refractivity contribution < 1.29 is 0 Å². The standard InChI is InChI=1S/C19H22ClN/c1-2-21-18(14-15-7-6-10-17(20)13-15)19(11-12-19)16-8-4-3-5-9-16/h3-10,13,18,21H,2,11-12,14H2,1H3. The molecule has 110 valence electrons. The molecule has 2 heteroatoms. The van der Waals surface area contributed by atoms with Gasteiger partial charge in [-0.15, -0.1) is 0 Å². The van der Waals surface area contributed by atoms with Crippen molar-refractivity contribution in [3.05, 3.63) is 70.7 Å². The lowest BCUT2D eigenvalue weighted by molar-refractivity contribution is 0.421. The van der Waals surface area contributed by atoms with Crippen LogP contribution in [0.4, 0.5) is 0 Å². The second-order valence-electron chi connectivity index (χ2n) is 5.97. The minimum atomic E-state index is 0.305. The Labute approximate surface area is 132 Å². The van der Waals surface area contributed by atoms with Gasteiger partial charge in [0.25, 0.3) is 0 Å². The van der Waals surface area contributed by atoms with Crippen LogP contribution in [0.25, 0.3) is 0 Å². The maximum atomic E-state index is 6.13. The van der Waals surface area contributed by atoms with Gasteiger partial charge in [-0.3, -0.25) is 0 Å². The molecule has 0 heterocycles. The lowest BCUT2D eigenvalue weighted by Gasteiger charge is -2.28. The van der Waals surface area contributed by atoms with Gasteiger partial charge in [0.15, 0.2) is 0 Å². The topological polar surface area (TPSA) is 12.0 Å². The highest BCUT2D eigenvalue weighted by Gasteiger charge is 2.50. The molecule has 21 heavy (non-hydrogen) atoms. The maximum Gasteiger partial charge on any atom is 0.0408 e. The summed E-state index contributed by atoms with van der Waals surface area (Å²) < 4.78 is 0. The van der Waals surface area contributed by atoms with E-state index in [1.807, 2.05) is 12.1 Å². The molecule has 0 aliphatic heterocycles. The van der Waals surface area contributed by atoms with Crippen LogP contribution in [0.3, 0.4) is 0 Å². The molecular weight excluding hydrogens is 278 g/mol. The molecule has 1 unspecified atom stereocenters. The van der Waals surface area contributed by atoms with Gasteiger partial charge in [0, 0.05) is 16.5 Å². The highest BCUT2D eigenvalue weighted by atomic mass is 35.5. The van der Waals surface area contributed by atoms with E-state index in [2.05, 4.69) is 54.7 Å². The van der Waals surface area contributed by atoms with Crippen molar-refractivity contribution in [1.82, 2.24) is 5.32 Å². The molecule has 1 N–H and O–H groups in total. The zero-order chi connectivity index (χ0) is 14.7. The first kappa shape index (κ1) is 14.6. The number of halogens is 1. The fourth-order valence-electron chi connectivity index (χ4n) is 3.35. The van der Waals surface area contributed by atoms with E-state index in [9.17, 15) is 0 Å². The van der Waals surface area contributed by atoms with Crippen molar-refractivity contribution in [1.29, 1.82) is 0 Å². The fourth-order valence-corrected chi connectivity index (χ4v) is 3.56. The van der Waals surface area contributed by atoms with Crippen molar-refractivity contribution in [2.45, 2.75) is 37.6 Å². The van der Waals surface area contributed by atoms with E-state index in [-0.39, 0.29) is 0 Å². The predicted molar refractivity (Wildman–Crippen MR) is 90.0 cm³/mol. The SMILES string of the molecule is CCNC(Cc1cccc(Cl)c1)C1(c2ccccc2)CC1. The summed E-state index contributed by atoms with van der Waals surface area (Å²) in [5.41, 5.74) is 3.09. The van der Waals surface area contributed by atoms with Gasteiger partial charge >= 0.3 is 0 Å². The highest BCUT2D eigenvalue weighted by Crippen LogP contribution is 2.51. The van der Waals surface area contributed by atoms with E-state index in [0.717, 1.165) is 18.0 Å². The third kappa shape index (κ3) is 3.14. The van der Waals surface area contributed by atoms with E-state index in [1.54, 1.807) is 0 Å². The van der Waals surface area contributed by atoms with Crippen LogP contribution in [0, 0.1) is 0 Å². The lowest BCUT2D eigenvalue weighted by atomic mass is 9.84. The van der Waals surface area contributed by atoms with Gasteiger partial charge in [-0.25, -0.2) is 0 Å². The monoisotopic (exact) mass is 299 g/mol. The van der Waals surface area contributed by atoms with E-state index >= 15 is 0 Å². The summed E-state index contributed by atoms with van der Waals surface area (Å²) in [4.78, 5) is 0. The van der Waals surface area contributed by atoms with Gasteiger partial charge in [-0.1, -0.05) is 61.0 Å². The maximum absolute atomic E-state index is 6.13. The quantitative estimate of drug-likeness (QED) is 0.822. The molecule has 1 saturated carbocycles. The summed E-state index contributed by atoms with van der Waals surface area (Å²) in [6.45, 7) is 3.19. The van der Waals surface area contributed by atoms with Gasteiger partial charge in [0.05, 0.1) is 0 Å². The molecule has 0 aromatic heterocycles. The fraction of sp³-hybridized carbons (Fsp3) is 0.368. The Kier molecular flexibility index (Phi) is 4.32. The molecule has 0 amide bonds. The molecule has 2 aromatic rings. The molecule has 1 fully saturated rings. The molecule has 0 radical (unpaired) electrons. The predicted octanol–water partition coefficient (Wildman–Crippen LogP) is 4.59. The number of hydrogen-bond acceptors (Lipinski definition) is 1. The number of benzene rings is 2. The second kappa shape index (κ2) is 6.21. The minimum Gasteiger partial charge on any atom is -0.313 e. The molecule has 1 aliphatic rings. The zero-order valence-electron chi connectivity index (χ0n) is 12.5. The lowest BCUT2D eigenvalue weighted by Crippen LogP contribution is -2.41. The summed E-state index contributed by atoms with van der Waals surface area (Å²) in [6, 6.07) is 19.7. The van der Waals surface area contributed by atoms with Crippen LogP contribution in [0.5, 0.6) is 0 Å². The minimum absolute atomic E-state index is 0.305. The third-order valence-corrected chi connectivity index (χ3v) is 4.82. The second-order valence-corrected chi connectivity index (χ2v) is 6.40. The van der Waals surface area contributed by atoms with Gasteiger partial charge < -0.3 is 5.32 Å². The third-order valence-electron chi connectivity index (χ3n) is 4.58. The Bertz CT molecular complexity index is 590. The van der Waals surface area contributed by atoms with Gasteiger partial charge in [0.2, 0.25) is 0 Å². The van der Waals surface area contributed by atoms with Crippen LogP contribution in [0.1, 0.15) is 30.9 Å². The van der Waals surface area contributed by atoms with Gasteiger partial charge in [-0.2, -0.15) is 0 Å². The average Bonchev–Trinajstić information content (AvgIpc) is 3.30. The summed E-state index contributed by atoms with van der Waals surface area (Å²) in [5, 5.41) is 4.53. The highest BCUT2D eigenvalue weighted by molar-refractivity contribution is 6.30. The van der Waals surface area contributed by atoms with Crippen molar-refractivity contribution in [2.75, 3.05) is 6.54 Å². The molecule has 3 rings (SSSR count). The van der Waals surface area contributed by atoms with Crippen LogP contribution < -0.4 is 5.32 Å². The first-order valence-corrected chi connectivity index (χ1v) is 8.16. The molecule has 1 nitrogen and oxygen atoms in total. The van der Waals surface area contributed by atoms with Gasteiger partial charge in [-0.05, 0) is 49.1 Å². The Morgan fingerprint density at radius 2 is 1.86 bits per heavy atom. The van der Waals surface area contributed by atoms with Crippen LogP contribution in [-0.4, -0.2) is 12.6 Å². The largest absolute Gasteiger partial charge is 0.313 e. The molecule has 1 atom stereocenters. The van der Waals surface area contributed by atoms with E-state index in [4.69, 9.17) is 11.6 Å². The van der Waals surface area contributed by atoms with Crippen LogP contribution in [0.15, 0.2) is 54.6 Å². The smallest absolute Gasteiger partial charge is 0.0408 e. The van der Waals surface area contributed by atoms with Crippen LogP contribution >= 0.6 is 11.6 Å². The van der Waals surface area contributed by atoms with Crippen LogP contribution in [0.2, 0.25) is 5.02 Å². The van der Waals surface area contributed by atoms with Crippen molar-refractivity contribution in [3.63, 3.8) is 0 Å².